The fourth-order valence-electron chi connectivity index (χ4n) is 5.02. The van der Waals surface area contributed by atoms with Crippen LogP contribution in [0.4, 0.5) is 14.5 Å². The molecular weight excluding hydrogens is 596 g/mol. The molecular formula is C31H40F2N2O6P2. The molecule has 234 valence electrons. The lowest BCUT2D eigenvalue weighted by Crippen LogP contribution is -2.51. The lowest BCUT2D eigenvalue weighted by atomic mass is 9.77. The molecule has 0 spiro atoms. The summed E-state index contributed by atoms with van der Waals surface area (Å²) in [5.41, 5.74) is -3.31. The van der Waals surface area contributed by atoms with E-state index in [2.05, 4.69) is 9.99 Å². The number of halogens is 2. The fraction of sp³-hybridized carbons (Fsp3) is 0.452. The van der Waals surface area contributed by atoms with E-state index in [1.165, 1.54) is 24.9 Å². The van der Waals surface area contributed by atoms with Crippen molar-refractivity contribution in [2.75, 3.05) is 18.1 Å². The Hall–Kier alpha value is -2.77. The molecule has 12 heteroatoms. The van der Waals surface area contributed by atoms with Crippen LogP contribution in [0.5, 0.6) is 0 Å². The Balaban J connectivity index is 1.74. The number of hydrogen-bond donors (Lipinski definition) is 2. The van der Waals surface area contributed by atoms with E-state index in [1.54, 1.807) is 11.8 Å². The monoisotopic (exact) mass is 636 g/mol. The van der Waals surface area contributed by atoms with Crippen molar-refractivity contribution in [2.45, 2.75) is 65.1 Å². The van der Waals surface area contributed by atoms with Gasteiger partial charge in [0, 0.05) is 30.1 Å². The molecule has 2 aromatic rings. The number of rotatable bonds is 11. The van der Waals surface area contributed by atoms with Crippen LogP contribution in [0.2, 0.25) is 0 Å². The van der Waals surface area contributed by atoms with Crippen LogP contribution in [0.1, 0.15) is 64.5 Å². The number of ketones is 1. The van der Waals surface area contributed by atoms with E-state index in [1.807, 2.05) is 51.1 Å². The summed E-state index contributed by atoms with van der Waals surface area (Å²) in [4.78, 5) is 41.8. The smallest absolute Gasteiger partial charge is 0.344 e. The molecule has 1 saturated heterocycles. The van der Waals surface area contributed by atoms with Gasteiger partial charge in [-0.05, 0) is 75.9 Å². The van der Waals surface area contributed by atoms with Gasteiger partial charge in [-0.3, -0.25) is 18.9 Å². The number of anilines is 1. The van der Waals surface area contributed by atoms with E-state index in [0.29, 0.717) is 24.1 Å². The van der Waals surface area contributed by atoms with Crippen molar-refractivity contribution in [1.82, 2.24) is 5.32 Å². The second-order valence-electron chi connectivity index (χ2n) is 11.8. The van der Waals surface area contributed by atoms with Crippen molar-refractivity contribution in [3.05, 3.63) is 71.8 Å². The van der Waals surface area contributed by atoms with E-state index in [9.17, 15) is 27.7 Å². The first-order chi connectivity index (χ1) is 20.1. The summed E-state index contributed by atoms with van der Waals surface area (Å²) in [6.45, 7) is 9.04. The van der Waals surface area contributed by atoms with E-state index in [0.717, 1.165) is 30.7 Å². The predicted molar refractivity (Wildman–Crippen MR) is 167 cm³/mol. The van der Waals surface area contributed by atoms with Gasteiger partial charge in [-0.1, -0.05) is 63.2 Å². The standard InChI is InChI=1S/C31H40F2N2O6P2/c1-21(22-14-16-23(17-15-22)31(32,33)43(40,41-39)42-5)19-25(36)20-26(30(2,3)4)28(37)34-27-13-9-10-18-35(29(27)38)24-11-7-6-8-12-24/h6-8,11-12,14-17,19,26-27,39,42H,9-10,13,18,20H2,1-5H3,(H,34,37)/b21-19+/t26-,27?,43?/m1/s1. The molecule has 0 aliphatic carbocycles. The zero-order chi connectivity index (χ0) is 32.0. The first-order valence-corrected chi connectivity index (χ1v) is 18.1. The Morgan fingerprint density at radius 2 is 1.77 bits per heavy atom. The molecule has 1 aliphatic heterocycles. The maximum absolute atomic E-state index is 14.7. The number of nitrogens with zero attached hydrogens (tertiary/aromatic N) is 1. The van der Waals surface area contributed by atoms with E-state index in [-0.39, 0.29) is 24.0 Å². The molecule has 2 amide bonds. The summed E-state index contributed by atoms with van der Waals surface area (Å²) in [5.74, 6) is -1.61. The highest BCUT2D eigenvalue weighted by molar-refractivity contribution is 8.22. The third-order valence-corrected chi connectivity index (χ3v) is 12.4. The molecule has 2 N–H and O–H groups in total. The Morgan fingerprint density at radius 1 is 1.14 bits per heavy atom. The third kappa shape index (κ3) is 8.24. The van der Waals surface area contributed by atoms with Crippen LogP contribution in [-0.4, -0.2) is 42.1 Å². The van der Waals surface area contributed by atoms with Gasteiger partial charge < -0.3 is 10.2 Å². The minimum atomic E-state index is -4.63. The molecule has 0 bridgehead atoms. The van der Waals surface area contributed by atoms with Gasteiger partial charge in [-0.15, -0.1) is 0 Å². The summed E-state index contributed by atoms with van der Waals surface area (Å²) in [6, 6.07) is 13.5. The minimum Gasteiger partial charge on any atom is -0.344 e. The molecule has 1 heterocycles. The molecule has 43 heavy (non-hydrogen) atoms. The summed E-state index contributed by atoms with van der Waals surface area (Å²) in [6.07, 6.45) is 3.34. The maximum Gasteiger partial charge on any atom is 0.352 e. The largest absolute Gasteiger partial charge is 0.352 e. The summed E-state index contributed by atoms with van der Waals surface area (Å²) in [5, 5.41) is 11.8. The number of nitrogens with one attached hydrogen (secondary N) is 1. The van der Waals surface area contributed by atoms with Gasteiger partial charge in [-0.25, -0.2) is 5.26 Å². The third-order valence-electron chi connectivity index (χ3n) is 7.68. The molecule has 8 nitrogen and oxygen atoms in total. The first kappa shape index (κ1) is 34.7. The molecule has 0 saturated carbocycles. The van der Waals surface area contributed by atoms with Crippen molar-refractivity contribution in [1.29, 1.82) is 0 Å². The average molecular weight is 637 g/mol. The Morgan fingerprint density at radius 3 is 2.33 bits per heavy atom. The quantitative estimate of drug-likeness (QED) is 0.115. The van der Waals surface area contributed by atoms with Gasteiger partial charge in [0.15, 0.2) is 5.78 Å². The summed E-state index contributed by atoms with van der Waals surface area (Å²) < 4.78 is 45.5. The van der Waals surface area contributed by atoms with Gasteiger partial charge in [-0.2, -0.15) is 13.5 Å². The van der Waals surface area contributed by atoms with Crippen LogP contribution in [0.15, 0.2) is 60.7 Å². The lowest BCUT2D eigenvalue weighted by molar-refractivity contribution is -0.144. The molecule has 4 atom stereocenters. The summed E-state index contributed by atoms with van der Waals surface area (Å²) >= 11 is 0. The van der Waals surface area contributed by atoms with Gasteiger partial charge >= 0.3 is 12.7 Å². The predicted octanol–water partition coefficient (Wildman–Crippen LogP) is 7.45. The number of amides is 2. The van der Waals surface area contributed by atoms with Crippen LogP contribution in [-0.2, 0) is 29.3 Å². The first-order valence-electron chi connectivity index (χ1n) is 14.1. The van der Waals surface area contributed by atoms with Crippen LogP contribution in [0.3, 0.4) is 0 Å². The molecule has 1 aliphatic rings. The number of alkyl halides is 2. The number of carbonyl (C=O) groups excluding carboxylic acids is 3. The van der Waals surface area contributed by atoms with Gasteiger partial charge in [0.2, 0.25) is 11.8 Å². The highest BCUT2D eigenvalue weighted by Crippen LogP contribution is 2.76. The second kappa shape index (κ2) is 14.3. The maximum atomic E-state index is 14.7. The molecule has 3 rings (SSSR count). The molecule has 2 aromatic carbocycles. The molecule has 0 aromatic heterocycles. The van der Waals surface area contributed by atoms with E-state index in [4.69, 9.17) is 5.26 Å². The number of benzene rings is 2. The fourth-order valence-corrected chi connectivity index (χ4v) is 7.45. The molecule has 0 radical (unpaired) electrons. The average Bonchev–Trinajstić information content (AvgIpc) is 3.16. The van der Waals surface area contributed by atoms with Crippen LogP contribution < -0.4 is 10.2 Å². The van der Waals surface area contributed by atoms with Crippen LogP contribution in [0, 0.1) is 11.3 Å². The molecule has 1 fully saturated rings. The Labute approximate surface area is 253 Å². The highest BCUT2D eigenvalue weighted by atomic mass is 32.1. The minimum absolute atomic E-state index is 0.111. The van der Waals surface area contributed by atoms with E-state index >= 15 is 0 Å². The van der Waals surface area contributed by atoms with Crippen molar-refractivity contribution in [3.63, 3.8) is 0 Å². The van der Waals surface area contributed by atoms with Crippen molar-refractivity contribution in [3.8, 4) is 0 Å². The number of para-hydroxylation sites is 1. The molecule has 3 unspecified atom stereocenters. The Bertz CT molecular complexity index is 1370. The lowest BCUT2D eigenvalue weighted by Gasteiger charge is -2.31. The number of carbonyl (C=O) groups is 3. The number of hydrogen-bond acceptors (Lipinski definition) is 6. The summed E-state index contributed by atoms with van der Waals surface area (Å²) in [7, 11) is -5.46. The Kier molecular flexibility index (Phi) is 11.6. The van der Waals surface area contributed by atoms with Crippen molar-refractivity contribution in [2.24, 2.45) is 11.3 Å². The zero-order valence-corrected chi connectivity index (χ0v) is 27.0. The van der Waals surface area contributed by atoms with E-state index < -0.39 is 43.9 Å². The topological polar surface area (TPSA) is 113 Å². The van der Waals surface area contributed by atoms with Gasteiger partial charge in [0.25, 0.3) is 0 Å². The van der Waals surface area contributed by atoms with Gasteiger partial charge in [0.05, 0.1) is 0 Å². The highest BCUT2D eigenvalue weighted by Gasteiger charge is 2.52. The normalized spacial score (nSPS) is 19.2. The van der Waals surface area contributed by atoms with Crippen molar-refractivity contribution >= 4 is 44.2 Å². The van der Waals surface area contributed by atoms with Crippen molar-refractivity contribution < 1.29 is 37.7 Å². The number of allylic oxidation sites excluding steroid dienone is 2. The van der Waals surface area contributed by atoms with Crippen LogP contribution in [0.25, 0.3) is 5.57 Å². The second-order valence-corrected chi connectivity index (χ2v) is 17.2. The van der Waals surface area contributed by atoms with Gasteiger partial charge in [0.1, 0.15) is 6.04 Å². The zero-order valence-electron chi connectivity index (χ0n) is 25.1. The SMILES string of the molecule is CPP(=O)(OO)C(F)(F)c1ccc(/C(C)=C/C(=O)C[C@H](C(=O)NC2CCCCN(c3ccccc3)C2=O)C(C)(C)C)cc1. The van der Waals surface area contributed by atoms with Crippen LogP contribution >= 0.6 is 15.3 Å².